The molecule has 6 heteroatoms. The van der Waals surface area contributed by atoms with Crippen molar-refractivity contribution in [1.82, 2.24) is 10.6 Å². The van der Waals surface area contributed by atoms with E-state index in [0.29, 0.717) is 23.0 Å². The summed E-state index contributed by atoms with van der Waals surface area (Å²) in [7, 11) is 0. The van der Waals surface area contributed by atoms with Gasteiger partial charge in [0, 0.05) is 12.6 Å². The molecule has 2 heterocycles. The third-order valence-corrected chi connectivity index (χ3v) is 4.02. The van der Waals surface area contributed by atoms with Crippen LogP contribution in [0.3, 0.4) is 0 Å². The van der Waals surface area contributed by atoms with Gasteiger partial charge in [0.1, 0.15) is 0 Å². The van der Waals surface area contributed by atoms with Gasteiger partial charge in [-0.2, -0.15) is 0 Å². The molecular weight excluding hydrogens is 332 g/mol. The Hall–Kier alpha value is -0.520. The molecule has 1 fully saturated rings. The second-order valence-corrected chi connectivity index (χ2v) is 6.19. The van der Waals surface area contributed by atoms with Gasteiger partial charge in [0.05, 0.1) is 0 Å². The second kappa shape index (κ2) is 6.77. The Labute approximate surface area is 128 Å². The van der Waals surface area contributed by atoms with E-state index >= 15 is 0 Å². The first kappa shape index (κ1) is 16.5. The molecule has 1 unspecified atom stereocenters. The van der Waals surface area contributed by atoms with E-state index in [2.05, 4.69) is 40.4 Å². The SMILES string of the molecule is CC1(C)CCCNC1CNC(=O)c1ccc(Br)o1.Cl. The van der Waals surface area contributed by atoms with Gasteiger partial charge in [-0.25, -0.2) is 0 Å². The Bertz CT molecular complexity index is 434. The van der Waals surface area contributed by atoms with Crippen LogP contribution in [-0.4, -0.2) is 25.0 Å². The summed E-state index contributed by atoms with van der Waals surface area (Å²) in [5, 5.41) is 6.39. The van der Waals surface area contributed by atoms with Crippen molar-refractivity contribution in [2.75, 3.05) is 13.1 Å². The van der Waals surface area contributed by atoms with E-state index in [9.17, 15) is 4.79 Å². The lowest BCUT2D eigenvalue weighted by Gasteiger charge is -2.39. The summed E-state index contributed by atoms with van der Waals surface area (Å²) in [6, 6.07) is 3.70. The maximum Gasteiger partial charge on any atom is 0.287 e. The number of nitrogens with one attached hydrogen (secondary N) is 2. The molecule has 1 atom stereocenters. The fourth-order valence-corrected chi connectivity index (χ4v) is 2.64. The first-order chi connectivity index (χ1) is 8.49. The molecule has 1 aliphatic heterocycles. The summed E-state index contributed by atoms with van der Waals surface area (Å²) in [6.45, 7) is 6.12. The van der Waals surface area contributed by atoms with Gasteiger partial charge in [-0.05, 0) is 52.9 Å². The van der Waals surface area contributed by atoms with Crippen LogP contribution in [0.25, 0.3) is 0 Å². The molecule has 1 saturated heterocycles. The van der Waals surface area contributed by atoms with Crippen LogP contribution in [0.15, 0.2) is 21.2 Å². The predicted octanol–water partition coefficient (Wildman–Crippen LogP) is 2.97. The van der Waals surface area contributed by atoms with E-state index in [0.717, 1.165) is 6.54 Å². The largest absolute Gasteiger partial charge is 0.444 e. The van der Waals surface area contributed by atoms with Crippen molar-refractivity contribution < 1.29 is 9.21 Å². The highest BCUT2D eigenvalue weighted by molar-refractivity contribution is 9.10. The normalized spacial score (nSPS) is 21.5. The summed E-state index contributed by atoms with van der Waals surface area (Å²) in [5.41, 5.74) is 0.218. The third kappa shape index (κ3) is 4.23. The molecular formula is C13H20BrClN2O2. The molecule has 0 spiro atoms. The molecule has 1 aromatic heterocycles. The molecule has 4 nitrogen and oxygen atoms in total. The number of halogens is 2. The zero-order chi connectivity index (χ0) is 13.2. The quantitative estimate of drug-likeness (QED) is 0.880. The molecule has 0 radical (unpaired) electrons. The van der Waals surface area contributed by atoms with Crippen LogP contribution >= 0.6 is 28.3 Å². The van der Waals surface area contributed by atoms with E-state index < -0.39 is 0 Å². The number of piperidine rings is 1. The lowest BCUT2D eigenvalue weighted by Crippen LogP contribution is -2.52. The number of rotatable bonds is 3. The average Bonchev–Trinajstić information content (AvgIpc) is 2.73. The minimum Gasteiger partial charge on any atom is -0.444 e. The highest BCUT2D eigenvalue weighted by Gasteiger charge is 2.32. The van der Waals surface area contributed by atoms with Crippen LogP contribution < -0.4 is 10.6 Å². The molecule has 2 N–H and O–H groups in total. The van der Waals surface area contributed by atoms with Crippen molar-refractivity contribution in [2.24, 2.45) is 5.41 Å². The van der Waals surface area contributed by atoms with Crippen molar-refractivity contribution >= 4 is 34.2 Å². The maximum absolute atomic E-state index is 11.9. The number of amides is 1. The van der Waals surface area contributed by atoms with E-state index in [1.54, 1.807) is 12.1 Å². The molecule has 1 aliphatic rings. The molecule has 1 aromatic rings. The van der Waals surface area contributed by atoms with Gasteiger partial charge in [-0.3, -0.25) is 4.79 Å². The van der Waals surface area contributed by atoms with Crippen LogP contribution in [-0.2, 0) is 0 Å². The van der Waals surface area contributed by atoms with Gasteiger partial charge in [-0.15, -0.1) is 12.4 Å². The zero-order valence-electron chi connectivity index (χ0n) is 11.2. The van der Waals surface area contributed by atoms with Crippen LogP contribution in [0.2, 0.25) is 0 Å². The monoisotopic (exact) mass is 350 g/mol. The standard InChI is InChI=1S/C13H19BrN2O2.ClH/c1-13(2)6-3-7-15-10(13)8-16-12(17)9-4-5-11(14)18-9;/h4-5,10,15H,3,6-8H2,1-2H3,(H,16,17);1H. The summed E-state index contributed by atoms with van der Waals surface area (Å²) in [5.74, 6) is 0.180. The van der Waals surface area contributed by atoms with Gasteiger partial charge in [0.15, 0.2) is 10.4 Å². The Balaban J connectivity index is 0.00000180. The topological polar surface area (TPSA) is 54.3 Å². The molecule has 0 aromatic carbocycles. The van der Waals surface area contributed by atoms with Crippen LogP contribution in [0.4, 0.5) is 0 Å². The first-order valence-electron chi connectivity index (χ1n) is 6.26. The molecule has 108 valence electrons. The lowest BCUT2D eigenvalue weighted by atomic mass is 9.77. The van der Waals surface area contributed by atoms with E-state index in [-0.39, 0.29) is 23.7 Å². The highest BCUT2D eigenvalue weighted by atomic mass is 79.9. The fraction of sp³-hybridized carbons (Fsp3) is 0.615. The van der Waals surface area contributed by atoms with Crippen molar-refractivity contribution in [1.29, 1.82) is 0 Å². The number of carbonyl (C=O) groups is 1. The van der Waals surface area contributed by atoms with Gasteiger partial charge in [0.25, 0.3) is 5.91 Å². The van der Waals surface area contributed by atoms with E-state index in [1.165, 1.54) is 12.8 Å². The molecule has 19 heavy (non-hydrogen) atoms. The number of furan rings is 1. The smallest absolute Gasteiger partial charge is 0.287 e. The maximum atomic E-state index is 11.9. The van der Waals surface area contributed by atoms with Gasteiger partial charge in [-0.1, -0.05) is 13.8 Å². The summed E-state index contributed by atoms with van der Waals surface area (Å²) < 4.78 is 5.79. The Morgan fingerprint density at radius 3 is 2.89 bits per heavy atom. The summed E-state index contributed by atoms with van der Waals surface area (Å²) >= 11 is 3.19. The van der Waals surface area contributed by atoms with Crippen LogP contribution in [0, 0.1) is 5.41 Å². The highest BCUT2D eigenvalue weighted by Crippen LogP contribution is 2.29. The molecule has 2 rings (SSSR count). The average molecular weight is 352 g/mol. The Morgan fingerprint density at radius 1 is 1.58 bits per heavy atom. The van der Waals surface area contributed by atoms with Crippen LogP contribution in [0.1, 0.15) is 37.2 Å². The minimum atomic E-state index is -0.163. The number of hydrogen-bond acceptors (Lipinski definition) is 3. The summed E-state index contributed by atoms with van der Waals surface area (Å²) in [6.07, 6.45) is 2.38. The summed E-state index contributed by atoms with van der Waals surface area (Å²) in [4.78, 5) is 11.9. The molecule has 0 saturated carbocycles. The predicted molar refractivity (Wildman–Crippen MR) is 80.8 cm³/mol. The van der Waals surface area contributed by atoms with Crippen molar-refractivity contribution in [3.8, 4) is 0 Å². The Kier molecular flexibility index (Phi) is 5.89. The third-order valence-electron chi connectivity index (χ3n) is 3.60. The zero-order valence-corrected chi connectivity index (χ0v) is 13.6. The molecule has 1 amide bonds. The van der Waals surface area contributed by atoms with Crippen LogP contribution in [0.5, 0.6) is 0 Å². The fourth-order valence-electron chi connectivity index (χ4n) is 2.34. The van der Waals surface area contributed by atoms with Crippen molar-refractivity contribution in [3.05, 3.63) is 22.6 Å². The van der Waals surface area contributed by atoms with Crippen molar-refractivity contribution in [3.63, 3.8) is 0 Å². The molecule has 0 aliphatic carbocycles. The van der Waals surface area contributed by atoms with Gasteiger partial charge < -0.3 is 15.1 Å². The van der Waals surface area contributed by atoms with Gasteiger partial charge >= 0.3 is 0 Å². The van der Waals surface area contributed by atoms with E-state index in [1.807, 2.05) is 0 Å². The van der Waals surface area contributed by atoms with E-state index in [4.69, 9.17) is 4.42 Å². The molecule has 0 bridgehead atoms. The Morgan fingerprint density at radius 2 is 2.32 bits per heavy atom. The van der Waals surface area contributed by atoms with Crippen molar-refractivity contribution in [2.45, 2.75) is 32.7 Å². The van der Waals surface area contributed by atoms with Gasteiger partial charge in [0.2, 0.25) is 0 Å². The first-order valence-corrected chi connectivity index (χ1v) is 7.05. The minimum absolute atomic E-state index is 0. The number of hydrogen-bond donors (Lipinski definition) is 2. The number of carbonyl (C=O) groups excluding carboxylic acids is 1. The lowest BCUT2D eigenvalue weighted by molar-refractivity contribution is 0.0900. The second-order valence-electron chi connectivity index (χ2n) is 5.41.